The molecule has 10 nitrogen and oxygen atoms in total. The number of rotatable bonds is 7. The van der Waals surface area contributed by atoms with Crippen LogP contribution in [-0.4, -0.2) is 61.2 Å². The van der Waals surface area contributed by atoms with E-state index in [0.29, 0.717) is 10.2 Å². The Morgan fingerprint density at radius 1 is 0.806 bits per heavy atom. The minimum Gasteiger partial charge on any atom is -0.463 e. The maximum absolute atomic E-state index is 12.0. The molecule has 1 fully saturated rings. The molecule has 36 heavy (non-hydrogen) atoms. The first-order chi connectivity index (χ1) is 17.0. The van der Waals surface area contributed by atoms with E-state index in [4.69, 9.17) is 28.4 Å². The SMILES string of the molecule is CC(=O)OC[C@H]1O[C@@H](Oc2ccc3cc(Br)ccc3c2Br)[C@H](OC(C)=O)[C@@H](OC(C)=O)[C@@H]1OC(C)=O. The summed E-state index contributed by atoms with van der Waals surface area (Å²) in [5, 5.41) is 1.76. The molecule has 194 valence electrons. The quantitative estimate of drug-likeness (QED) is 0.329. The molecule has 5 atom stereocenters. The van der Waals surface area contributed by atoms with Crippen LogP contribution in [0.1, 0.15) is 27.7 Å². The fourth-order valence-electron chi connectivity index (χ4n) is 3.74. The van der Waals surface area contributed by atoms with E-state index in [-0.39, 0.29) is 6.61 Å². The number of carbonyl (C=O) groups is 4. The van der Waals surface area contributed by atoms with Crippen molar-refractivity contribution in [1.82, 2.24) is 0 Å². The van der Waals surface area contributed by atoms with Crippen LogP contribution in [0.3, 0.4) is 0 Å². The summed E-state index contributed by atoms with van der Waals surface area (Å²) in [7, 11) is 0. The van der Waals surface area contributed by atoms with E-state index >= 15 is 0 Å². The number of ether oxygens (including phenoxy) is 6. The third-order valence-electron chi connectivity index (χ3n) is 5.07. The van der Waals surface area contributed by atoms with E-state index < -0.39 is 54.6 Å². The van der Waals surface area contributed by atoms with Gasteiger partial charge in [0.1, 0.15) is 18.5 Å². The summed E-state index contributed by atoms with van der Waals surface area (Å²) < 4.78 is 34.9. The maximum Gasteiger partial charge on any atom is 0.303 e. The average molecular weight is 632 g/mol. The van der Waals surface area contributed by atoms with Crippen LogP contribution in [0.5, 0.6) is 5.75 Å². The molecule has 2 aromatic rings. The number of halogens is 2. The van der Waals surface area contributed by atoms with Gasteiger partial charge in [0.05, 0.1) is 4.47 Å². The number of hydrogen-bond donors (Lipinski definition) is 0. The lowest BCUT2D eigenvalue weighted by molar-refractivity contribution is -0.288. The molecule has 0 saturated carbocycles. The van der Waals surface area contributed by atoms with Gasteiger partial charge in [-0.2, -0.15) is 0 Å². The van der Waals surface area contributed by atoms with Gasteiger partial charge in [-0.15, -0.1) is 0 Å². The molecular weight excluding hydrogens is 608 g/mol. The Kier molecular flexibility index (Phi) is 9.31. The van der Waals surface area contributed by atoms with Crippen molar-refractivity contribution in [3.63, 3.8) is 0 Å². The van der Waals surface area contributed by atoms with Crippen molar-refractivity contribution in [2.45, 2.75) is 58.4 Å². The van der Waals surface area contributed by atoms with Gasteiger partial charge >= 0.3 is 23.9 Å². The van der Waals surface area contributed by atoms with Gasteiger partial charge in [0.15, 0.2) is 12.2 Å². The normalized spacial score (nSPS) is 23.4. The minimum absolute atomic E-state index is 0.339. The average Bonchev–Trinajstić information content (AvgIpc) is 2.77. The predicted molar refractivity (Wildman–Crippen MR) is 132 cm³/mol. The van der Waals surface area contributed by atoms with Gasteiger partial charge in [-0.25, -0.2) is 0 Å². The highest BCUT2D eigenvalue weighted by Crippen LogP contribution is 2.37. The molecule has 3 rings (SSSR count). The predicted octanol–water partition coefficient (Wildman–Crippen LogP) is 3.83. The first kappa shape index (κ1) is 27.9. The van der Waals surface area contributed by atoms with E-state index in [0.717, 1.165) is 36.0 Å². The highest BCUT2D eigenvalue weighted by atomic mass is 79.9. The Bertz CT molecular complexity index is 1170. The zero-order chi connectivity index (χ0) is 26.6. The van der Waals surface area contributed by atoms with Crippen LogP contribution < -0.4 is 4.74 Å². The van der Waals surface area contributed by atoms with Crippen molar-refractivity contribution in [1.29, 1.82) is 0 Å². The molecule has 1 saturated heterocycles. The van der Waals surface area contributed by atoms with E-state index in [1.54, 1.807) is 6.07 Å². The smallest absolute Gasteiger partial charge is 0.303 e. The standard InChI is InChI=1S/C24H24Br2O10/c1-11(27)31-10-19-21(32-12(2)28)22(33-13(3)29)23(34-14(4)30)24(36-19)35-18-8-5-15-9-16(25)6-7-17(15)20(18)26/h5-9,19,21-24H,10H2,1-4H3/t19-,21-,22+,23-,24-/m1/s1. The molecule has 0 radical (unpaired) electrons. The van der Waals surface area contributed by atoms with Crippen LogP contribution in [0, 0.1) is 0 Å². The Morgan fingerprint density at radius 2 is 1.42 bits per heavy atom. The lowest BCUT2D eigenvalue weighted by atomic mass is 9.98. The molecule has 0 aromatic heterocycles. The first-order valence-corrected chi connectivity index (χ1v) is 12.4. The van der Waals surface area contributed by atoms with E-state index in [9.17, 15) is 19.2 Å². The Morgan fingerprint density at radius 3 is 2.03 bits per heavy atom. The summed E-state index contributed by atoms with van der Waals surface area (Å²) in [4.78, 5) is 47.3. The van der Waals surface area contributed by atoms with E-state index in [1.165, 1.54) is 6.92 Å². The lowest BCUT2D eigenvalue weighted by Gasteiger charge is -2.44. The number of carbonyl (C=O) groups excluding carboxylic acids is 4. The Hall–Kier alpha value is -2.70. The largest absolute Gasteiger partial charge is 0.463 e. The summed E-state index contributed by atoms with van der Waals surface area (Å²) in [5.74, 6) is -2.41. The molecule has 0 spiro atoms. The minimum atomic E-state index is -1.32. The molecular formula is C24H24Br2O10. The topological polar surface area (TPSA) is 124 Å². The molecule has 0 N–H and O–H groups in total. The van der Waals surface area contributed by atoms with Crippen molar-refractivity contribution in [3.05, 3.63) is 39.3 Å². The van der Waals surface area contributed by atoms with Gasteiger partial charge in [-0.3, -0.25) is 19.2 Å². The fraction of sp³-hybridized carbons (Fsp3) is 0.417. The second-order valence-electron chi connectivity index (χ2n) is 7.93. The number of esters is 4. The molecule has 1 heterocycles. The lowest BCUT2D eigenvalue weighted by Crippen LogP contribution is -2.63. The van der Waals surface area contributed by atoms with Crippen LogP contribution in [-0.2, 0) is 42.9 Å². The van der Waals surface area contributed by atoms with Gasteiger partial charge in [0, 0.05) is 32.2 Å². The molecule has 1 aliphatic rings. The number of benzene rings is 2. The highest BCUT2D eigenvalue weighted by Gasteiger charge is 2.53. The zero-order valence-corrected chi connectivity index (χ0v) is 23.0. The van der Waals surface area contributed by atoms with Crippen LogP contribution in [0.4, 0.5) is 0 Å². The van der Waals surface area contributed by atoms with Crippen molar-refractivity contribution in [3.8, 4) is 5.75 Å². The monoisotopic (exact) mass is 630 g/mol. The van der Waals surface area contributed by atoms with Crippen molar-refractivity contribution < 1.29 is 47.6 Å². The summed E-state index contributed by atoms with van der Waals surface area (Å²) >= 11 is 6.98. The summed E-state index contributed by atoms with van der Waals surface area (Å²) in [6, 6.07) is 9.19. The Labute approximate surface area is 223 Å². The van der Waals surface area contributed by atoms with E-state index in [1.807, 2.05) is 24.3 Å². The van der Waals surface area contributed by atoms with Gasteiger partial charge < -0.3 is 28.4 Å². The van der Waals surface area contributed by atoms with Gasteiger partial charge in [0.25, 0.3) is 0 Å². The molecule has 0 aliphatic carbocycles. The van der Waals surface area contributed by atoms with Gasteiger partial charge in [-0.05, 0) is 44.9 Å². The number of hydrogen-bond acceptors (Lipinski definition) is 10. The third-order valence-corrected chi connectivity index (χ3v) is 6.38. The molecule has 12 heteroatoms. The van der Waals surface area contributed by atoms with Gasteiger partial charge in [0.2, 0.25) is 12.4 Å². The second kappa shape index (κ2) is 12.0. The molecule has 0 bridgehead atoms. The van der Waals surface area contributed by atoms with Crippen molar-refractivity contribution >= 4 is 66.5 Å². The summed E-state index contributed by atoms with van der Waals surface area (Å²) in [5.41, 5.74) is 0. The molecule has 2 aromatic carbocycles. The van der Waals surface area contributed by atoms with Crippen molar-refractivity contribution in [2.24, 2.45) is 0 Å². The van der Waals surface area contributed by atoms with Crippen molar-refractivity contribution in [2.75, 3.05) is 6.61 Å². The van der Waals surface area contributed by atoms with Crippen LogP contribution in [0.25, 0.3) is 10.8 Å². The zero-order valence-electron chi connectivity index (χ0n) is 19.8. The van der Waals surface area contributed by atoms with E-state index in [2.05, 4.69) is 31.9 Å². The maximum atomic E-state index is 12.0. The van der Waals surface area contributed by atoms with Crippen LogP contribution in [0.15, 0.2) is 39.3 Å². The summed E-state index contributed by atoms with van der Waals surface area (Å²) in [6.07, 6.45) is -6.32. The first-order valence-electron chi connectivity index (χ1n) is 10.8. The van der Waals surface area contributed by atoms with Crippen LogP contribution in [0.2, 0.25) is 0 Å². The summed E-state index contributed by atoms with van der Waals surface area (Å²) in [6.45, 7) is 4.33. The van der Waals surface area contributed by atoms with Crippen LogP contribution >= 0.6 is 31.9 Å². The molecule has 0 unspecified atom stereocenters. The molecule has 0 amide bonds. The second-order valence-corrected chi connectivity index (χ2v) is 9.64. The third kappa shape index (κ3) is 6.95. The fourth-order valence-corrected chi connectivity index (χ4v) is 4.71. The Balaban J connectivity index is 2.04. The highest BCUT2D eigenvalue weighted by molar-refractivity contribution is 9.11. The molecule has 1 aliphatic heterocycles. The number of fused-ring (bicyclic) bond motifs is 1. The van der Waals surface area contributed by atoms with Gasteiger partial charge in [-0.1, -0.05) is 28.1 Å².